The molecule has 1 aliphatic rings. The maximum atomic E-state index is 13.1. The minimum absolute atomic E-state index is 0.137. The van der Waals surface area contributed by atoms with E-state index in [1.165, 1.54) is 12.1 Å². The molecule has 1 saturated carbocycles. The van der Waals surface area contributed by atoms with Gasteiger partial charge in [-0.2, -0.15) is 0 Å². The largest absolute Gasteiger partial charge is 0.382 e. The van der Waals surface area contributed by atoms with Gasteiger partial charge in [0.1, 0.15) is 0 Å². The number of anilines is 1. The molecule has 40 heavy (non-hydrogen) atoms. The molecule has 1 aliphatic carbocycles. The normalized spacial score (nSPS) is 17.5. The molecule has 10 heteroatoms. The Morgan fingerprint density at radius 1 is 1.10 bits per heavy atom. The standard InChI is InChI=1S/C30H34F2N4O3S/c1-19-4-3-5-22(16-19)36-25-11-6-20(18-33-21-7-9-23(10-8-21)39-15-14-38-2)17-24(25)34-30(36)35-29(37)27-13-12-26(40-27)28(31)32/h3-6,11-13,16-17,21,23,28,33H,7-10,14-15,18H2,1-2H3,(H,34,35,37). The van der Waals surface area contributed by atoms with Gasteiger partial charge in [0.05, 0.1) is 40.1 Å². The van der Waals surface area contributed by atoms with E-state index < -0.39 is 12.3 Å². The SMILES string of the molecule is COCCOC1CCC(NCc2ccc3c(c2)nc(NC(=O)c2ccc(C(F)F)s2)n3-c2cccc(C)c2)CC1. The molecule has 0 radical (unpaired) electrons. The van der Waals surface area contributed by atoms with Crippen molar-refractivity contribution in [1.82, 2.24) is 14.9 Å². The van der Waals surface area contributed by atoms with Gasteiger partial charge in [0.15, 0.2) is 0 Å². The van der Waals surface area contributed by atoms with Crippen LogP contribution in [-0.2, 0) is 16.0 Å². The van der Waals surface area contributed by atoms with Crippen molar-refractivity contribution in [2.45, 2.75) is 57.7 Å². The van der Waals surface area contributed by atoms with Crippen LogP contribution in [0.4, 0.5) is 14.7 Å². The number of benzene rings is 2. The van der Waals surface area contributed by atoms with Gasteiger partial charge in [0.25, 0.3) is 12.3 Å². The summed E-state index contributed by atoms with van der Waals surface area (Å²) in [7, 11) is 1.68. The molecule has 1 amide bonds. The number of imidazole rings is 1. The number of hydrogen-bond acceptors (Lipinski definition) is 6. The Kier molecular flexibility index (Phi) is 9.21. The van der Waals surface area contributed by atoms with Crippen LogP contribution in [0.25, 0.3) is 16.7 Å². The van der Waals surface area contributed by atoms with Crippen molar-refractivity contribution in [3.63, 3.8) is 0 Å². The number of alkyl halides is 2. The fourth-order valence-electron chi connectivity index (χ4n) is 5.10. The van der Waals surface area contributed by atoms with Gasteiger partial charge in [-0.15, -0.1) is 11.3 Å². The number of carbonyl (C=O) groups excluding carboxylic acids is 1. The average molecular weight is 569 g/mol. The smallest absolute Gasteiger partial charge is 0.272 e. The van der Waals surface area contributed by atoms with Crippen LogP contribution >= 0.6 is 11.3 Å². The summed E-state index contributed by atoms with van der Waals surface area (Å²) in [6.07, 6.45) is 1.89. The van der Waals surface area contributed by atoms with Crippen LogP contribution in [0.2, 0.25) is 0 Å². The van der Waals surface area contributed by atoms with E-state index in [9.17, 15) is 13.6 Å². The summed E-state index contributed by atoms with van der Waals surface area (Å²) in [6, 6.07) is 17.2. The molecule has 0 bridgehead atoms. The van der Waals surface area contributed by atoms with Crippen LogP contribution in [0, 0.1) is 6.92 Å². The Hall–Kier alpha value is -3.18. The van der Waals surface area contributed by atoms with Crippen molar-refractivity contribution in [3.05, 3.63) is 75.5 Å². The van der Waals surface area contributed by atoms with Gasteiger partial charge < -0.3 is 14.8 Å². The lowest BCUT2D eigenvalue weighted by Crippen LogP contribution is -2.35. The van der Waals surface area contributed by atoms with Gasteiger partial charge in [-0.25, -0.2) is 13.8 Å². The first-order valence-electron chi connectivity index (χ1n) is 13.5. The number of halogens is 2. The first-order chi connectivity index (χ1) is 19.4. The fourth-order valence-corrected chi connectivity index (χ4v) is 5.86. The lowest BCUT2D eigenvalue weighted by Gasteiger charge is -2.29. The number of thiophene rings is 1. The number of ether oxygens (including phenoxy) is 2. The molecule has 4 aromatic rings. The van der Waals surface area contributed by atoms with Gasteiger partial charge in [-0.1, -0.05) is 18.2 Å². The topological polar surface area (TPSA) is 77.4 Å². The zero-order valence-electron chi connectivity index (χ0n) is 22.7. The Morgan fingerprint density at radius 3 is 2.65 bits per heavy atom. The first-order valence-corrected chi connectivity index (χ1v) is 14.3. The minimum Gasteiger partial charge on any atom is -0.382 e. The number of fused-ring (bicyclic) bond motifs is 1. The second kappa shape index (κ2) is 13.0. The summed E-state index contributed by atoms with van der Waals surface area (Å²) in [5, 5.41) is 6.53. The number of methoxy groups -OCH3 is 1. The molecule has 0 spiro atoms. The van der Waals surface area contributed by atoms with Crippen LogP contribution in [-0.4, -0.2) is 47.9 Å². The molecule has 1 fully saturated rings. The van der Waals surface area contributed by atoms with Crippen molar-refractivity contribution < 1.29 is 23.0 Å². The summed E-state index contributed by atoms with van der Waals surface area (Å²) >= 11 is 0.786. The molecule has 0 atom stereocenters. The maximum absolute atomic E-state index is 13.1. The summed E-state index contributed by atoms with van der Waals surface area (Å²) in [6.45, 7) is 3.97. The monoisotopic (exact) mass is 568 g/mol. The van der Waals surface area contributed by atoms with E-state index in [-0.39, 0.29) is 9.75 Å². The van der Waals surface area contributed by atoms with Crippen molar-refractivity contribution in [2.75, 3.05) is 25.6 Å². The molecule has 2 aromatic carbocycles. The van der Waals surface area contributed by atoms with Gasteiger partial charge >= 0.3 is 0 Å². The summed E-state index contributed by atoms with van der Waals surface area (Å²) < 4.78 is 39.0. The predicted octanol–water partition coefficient (Wildman–Crippen LogP) is 6.65. The quantitative estimate of drug-likeness (QED) is 0.198. The van der Waals surface area contributed by atoms with Crippen molar-refractivity contribution in [2.24, 2.45) is 0 Å². The maximum Gasteiger partial charge on any atom is 0.272 e. The van der Waals surface area contributed by atoms with Gasteiger partial charge in [-0.3, -0.25) is 14.7 Å². The number of nitrogens with one attached hydrogen (secondary N) is 2. The lowest BCUT2D eigenvalue weighted by atomic mass is 9.93. The van der Waals surface area contributed by atoms with Crippen LogP contribution in [0.1, 0.15) is 57.8 Å². The van der Waals surface area contributed by atoms with E-state index in [1.54, 1.807) is 7.11 Å². The third kappa shape index (κ3) is 6.75. The van der Waals surface area contributed by atoms with E-state index in [1.807, 2.05) is 47.9 Å². The molecule has 2 aromatic heterocycles. The third-order valence-electron chi connectivity index (χ3n) is 7.18. The average Bonchev–Trinajstić information content (AvgIpc) is 3.58. The highest BCUT2D eigenvalue weighted by atomic mass is 32.1. The van der Waals surface area contributed by atoms with Gasteiger partial charge in [0, 0.05) is 25.4 Å². The Morgan fingerprint density at radius 2 is 1.93 bits per heavy atom. The number of carbonyl (C=O) groups is 1. The molecular weight excluding hydrogens is 534 g/mol. The van der Waals surface area contributed by atoms with E-state index in [2.05, 4.69) is 16.7 Å². The number of amides is 1. The molecule has 2 heterocycles. The van der Waals surface area contributed by atoms with Crippen LogP contribution in [0.15, 0.2) is 54.6 Å². The summed E-state index contributed by atoms with van der Waals surface area (Å²) in [5.41, 5.74) is 4.60. The predicted molar refractivity (Wildman–Crippen MR) is 154 cm³/mol. The van der Waals surface area contributed by atoms with Crippen molar-refractivity contribution >= 4 is 34.2 Å². The van der Waals surface area contributed by atoms with Crippen LogP contribution < -0.4 is 10.6 Å². The molecule has 0 saturated heterocycles. The number of aryl methyl sites for hydroxylation is 1. The second-order valence-electron chi connectivity index (χ2n) is 10.1. The lowest BCUT2D eigenvalue weighted by molar-refractivity contribution is -0.00432. The highest BCUT2D eigenvalue weighted by Crippen LogP contribution is 2.30. The molecule has 0 unspecified atom stereocenters. The van der Waals surface area contributed by atoms with Crippen LogP contribution in [0.3, 0.4) is 0 Å². The number of rotatable bonds is 11. The van der Waals surface area contributed by atoms with E-state index in [0.717, 1.165) is 64.9 Å². The van der Waals surface area contributed by atoms with Gasteiger partial charge in [0.2, 0.25) is 5.95 Å². The highest BCUT2D eigenvalue weighted by molar-refractivity contribution is 7.14. The summed E-state index contributed by atoms with van der Waals surface area (Å²) in [5.74, 6) is -0.126. The first kappa shape index (κ1) is 28.4. The number of aromatic nitrogens is 2. The highest BCUT2D eigenvalue weighted by Gasteiger charge is 2.22. The van der Waals surface area contributed by atoms with E-state index >= 15 is 0 Å². The molecule has 7 nitrogen and oxygen atoms in total. The van der Waals surface area contributed by atoms with E-state index in [4.69, 9.17) is 14.5 Å². The Balaban J connectivity index is 1.33. The van der Waals surface area contributed by atoms with Crippen molar-refractivity contribution in [3.8, 4) is 5.69 Å². The molecule has 0 aliphatic heterocycles. The van der Waals surface area contributed by atoms with E-state index in [0.29, 0.717) is 37.9 Å². The van der Waals surface area contributed by atoms with Crippen molar-refractivity contribution in [1.29, 1.82) is 0 Å². The summed E-state index contributed by atoms with van der Waals surface area (Å²) in [4.78, 5) is 17.8. The number of nitrogens with zero attached hydrogens (tertiary/aromatic N) is 2. The molecule has 212 valence electrons. The zero-order chi connectivity index (χ0) is 28.1. The van der Waals surface area contributed by atoms with Crippen LogP contribution in [0.5, 0.6) is 0 Å². The fraction of sp³-hybridized carbons (Fsp3) is 0.400. The van der Waals surface area contributed by atoms with Gasteiger partial charge in [-0.05, 0) is 80.1 Å². The second-order valence-corrected chi connectivity index (χ2v) is 11.2. The molecule has 5 rings (SSSR count). The Bertz CT molecular complexity index is 1450. The minimum atomic E-state index is -2.61. The zero-order valence-corrected chi connectivity index (χ0v) is 23.5. The Labute approximate surface area is 236 Å². The molecule has 2 N–H and O–H groups in total. The number of hydrogen-bond donors (Lipinski definition) is 2. The third-order valence-corrected chi connectivity index (χ3v) is 8.27. The molecular formula is C30H34F2N4O3S.